The van der Waals surface area contributed by atoms with Crippen LogP contribution in [-0.4, -0.2) is 16.2 Å². The van der Waals surface area contributed by atoms with Crippen LogP contribution in [0.1, 0.15) is 82.3 Å². The highest BCUT2D eigenvalue weighted by Gasteiger charge is 2.36. The third-order valence-corrected chi connectivity index (χ3v) is 9.10. The van der Waals surface area contributed by atoms with E-state index < -0.39 is 9.04 Å². The lowest BCUT2D eigenvalue weighted by atomic mass is 9.99. The lowest BCUT2D eigenvalue weighted by molar-refractivity contribution is 0.281. The van der Waals surface area contributed by atoms with Crippen LogP contribution in [-0.2, 0) is 11.0 Å². The van der Waals surface area contributed by atoms with Crippen molar-refractivity contribution in [3.8, 4) is 5.75 Å². The first-order valence-electron chi connectivity index (χ1n) is 9.86. The third-order valence-electron chi connectivity index (χ3n) is 5.86. The highest BCUT2D eigenvalue weighted by molar-refractivity contribution is 6.55. The van der Waals surface area contributed by atoms with Gasteiger partial charge in [-0.2, -0.15) is 0 Å². The van der Waals surface area contributed by atoms with Gasteiger partial charge in [0.2, 0.25) is 9.04 Å². The summed E-state index contributed by atoms with van der Waals surface area (Å²) in [6.45, 7) is 5.20. The van der Waals surface area contributed by atoms with Crippen LogP contribution in [0.15, 0.2) is 18.2 Å². The summed E-state index contributed by atoms with van der Waals surface area (Å²) in [6.07, 6.45) is 11.3. The average Bonchev–Trinajstić information content (AvgIpc) is 3.28. The molecule has 0 aromatic heterocycles. The summed E-state index contributed by atoms with van der Waals surface area (Å²) in [6, 6.07) is 6.54. The smallest absolute Gasteiger partial charge is 0.218 e. The van der Waals surface area contributed by atoms with E-state index in [0.717, 1.165) is 23.4 Å². The molecule has 0 amide bonds. The summed E-state index contributed by atoms with van der Waals surface area (Å²) < 4.78 is 12.4. The quantitative estimate of drug-likeness (QED) is 0.546. The van der Waals surface area contributed by atoms with E-state index in [4.69, 9.17) is 9.16 Å². The van der Waals surface area contributed by atoms with Gasteiger partial charge in [-0.1, -0.05) is 83.4 Å². The Hall–Kier alpha value is -0.803. The van der Waals surface area contributed by atoms with Gasteiger partial charge in [-0.05, 0) is 22.6 Å². The molecule has 24 heavy (non-hydrogen) atoms. The second kappa shape index (κ2) is 8.53. The first-order chi connectivity index (χ1) is 11.7. The van der Waals surface area contributed by atoms with Crippen LogP contribution in [0, 0.1) is 0 Å². The van der Waals surface area contributed by atoms with Gasteiger partial charge in [0, 0.05) is 5.56 Å². The standard InChI is InChI=1S/C21H33O2Si/c1-16(2)20-14-8-9-17(21(20)22-3)15-23-24(18-10-4-5-11-18)19-12-6-7-13-19/h8-9,14,16,18-19H,4-7,10-13,15H2,1-3H3. The van der Waals surface area contributed by atoms with Crippen LogP contribution in [0.25, 0.3) is 0 Å². The molecule has 2 nitrogen and oxygen atoms in total. The van der Waals surface area contributed by atoms with Crippen LogP contribution in [0.2, 0.25) is 11.1 Å². The number of hydrogen-bond donors (Lipinski definition) is 0. The van der Waals surface area contributed by atoms with Crippen molar-refractivity contribution in [2.24, 2.45) is 0 Å². The molecule has 0 spiro atoms. The molecule has 3 rings (SSSR count). The summed E-state index contributed by atoms with van der Waals surface area (Å²) >= 11 is 0. The van der Waals surface area contributed by atoms with Gasteiger partial charge in [0.05, 0.1) is 13.7 Å². The van der Waals surface area contributed by atoms with Gasteiger partial charge in [-0.15, -0.1) is 0 Å². The van der Waals surface area contributed by atoms with Crippen LogP contribution >= 0.6 is 0 Å². The van der Waals surface area contributed by atoms with Crippen molar-refractivity contribution in [2.75, 3.05) is 7.11 Å². The first-order valence-corrected chi connectivity index (χ1v) is 11.4. The molecule has 0 heterocycles. The molecule has 1 radical (unpaired) electrons. The van der Waals surface area contributed by atoms with E-state index in [1.807, 2.05) is 0 Å². The second-order valence-electron chi connectivity index (χ2n) is 7.85. The van der Waals surface area contributed by atoms with Crippen LogP contribution < -0.4 is 4.74 Å². The first kappa shape index (κ1) is 18.0. The molecule has 0 saturated heterocycles. The van der Waals surface area contributed by atoms with Crippen molar-refractivity contribution in [3.63, 3.8) is 0 Å². The second-order valence-corrected chi connectivity index (χ2v) is 10.6. The number of ether oxygens (including phenoxy) is 1. The number of hydrogen-bond acceptors (Lipinski definition) is 2. The Morgan fingerprint density at radius 3 is 2.08 bits per heavy atom. The Kier molecular flexibility index (Phi) is 6.40. The summed E-state index contributed by atoms with van der Waals surface area (Å²) in [4.78, 5) is 0. The number of rotatable bonds is 7. The number of benzene rings is 1. The molecule has 1 aromatic rings. The van der Waals surface area contributed by atoms with Crippen LogP contribution in [0.5, 0.6) is 5.75 Å². The molecule has 2 saturated carbocycles. The van der Waals surface area contributed by atoms with E-state index in [1.54, 1.807) is 7.11 Å². The van der Waals surface area contributed by atoms with Gasteiger partial charge in [0.1, 0.15) is 5.75 Å². The molecule has 0 bridgehead atoms. The maximum Gasteiger partial charge on any atom is 0.218 e. The molecule has 3 heteroatoms. The van der Waals surface area contributed by atoms with Crippen LogP contribution in [0.4, 0.5) is 0 Å². The van der Waals surface area contributed by atoms with Gasteiger partial charge in [0.25, 0.3) is 0 Å². The van der Waals surface area contributed by atoms with E-state index in [9.17, 15) is 0 Å². The van der Waals surface area contributed by atoms with Crippen LogP contribution in [0.3, 0.4) is 0 Å². The Morgan fingerprint density at radius 2 is 1.58 bits per heavy atom. The zero-order valence-corrected chi connectivity index (χ0v) is 16.6. The minimum atomic E-state index is -0.710. The zero-order chi connectivity index (χ0) is 16.9. The van der Waals surface area contributed by atoms with E-state index in [0.29, 0.717) is 5.92 Å². The van der Waals surface area contributed by atoms with Crippen molar-refractivity contribution in [1.82, 2.24) is 0 Å². The van der Waals surface area contributed by atoms with Crippen molar-refractivity contribution >= 4 is 9.04 Å². The zero-order valence-electron chi connectivity index (χ0n) is 15.6. The summed E-state index contributed by atoms with van der Waals surface area (Å²) in [5.74, 6) is 1.53. The molecule has 0 aliphatic heterocycles. The molecule has 1 aromatic carbocycles. The lowest BCUT2D eigenvalue weighted by Gasteiger charge is -2.27. The summed E-state index contributed by atoms with van der Waals surface area (Å²) in [5.41, 5.74) is 4.31. The largest absolute Gasteiger partial charge is 0.496 e. The van der Waals surface area contributed by atoms with E-state index in [2.05, 4.69) is 32.0 Å². The van der Waals surface area contributed by atoms with E-state index >= 15 is 0 Å². The SMILES string of the molecule is COc1c(CO[Si](C2CCCC2)C2CCCC2)cccc1C(C)C. The fraction of sp³-hybridized carbons (Fsp3) is 0.714. The van der Waals surface area contributed by atoms with Crippen molar-refractivity contribution < 1.29 is 9.16 Å². The average molecular weight is 346 g/mol. The monoisotopic (exact) mass is 345 g/mol. The minimum absolute atomic E-state index is 0.481. The Balaban J connectivity index is 1.73. The molecular weight excluding hydrogens is 312 g/mol. The topological polar surface area (TPSA) is 18.5 Å². The molecule has 133 valence electrons. The number of para-hydroxylation sites is 1. The molecule has 0 unspecified atom stereocenters. The predicted octanol–water partition coefficient (Wildman–Crippen LogP) is 6.22. The maximum atomic E-state index is 6.70. The molecule has 0 N–H and O–H groups in total. The van der Waals surface area contributed by atoms with Gasteiger partial charge in [0.15, 0.2) is 0 Å². The Morgan fingerprint density at radius 1 is 1.00 bits per heavy atom. The van der Waals surface area contributed by atoms with Gasteiger partial charge < -0.3 is 9.16 Å². The Bertz CT molecular complexity index is 501. The predicted molar refractivity (Wildman–Crippen MR) is 102 cm³/mol. The Labute approximate surface area is 149 Å². The molecule has 0 atom stereocenters. The van der Waals surface area contributed by atoms with Gasteiger partial charge in [-0.25, -0.2) is 0 Å². The van der Waals surface area contributed by atoms with Crippen molar-refractivity contribution in [3.05, 3.63) is 29.3 Å². The molecule has 2 aliphatic rings. The molecular formula is C21H33O2Si. The normalized spacial score (nSPS) is 19.7. The fourth-order valence-electron chi connectivity index (χ4n) is 4.57. The van der Waals surface area contributed by atoms with E-state index in [-0.39, 0.29) is 0 Å². The fourth-order valence-corrected chi connectivity index (χ4v) is 7.99. The van der Waals surface area contributed by atoms with Crippen molar-refractivity contribution in [1.29, 1.82) is 0 Å². The van der Waals surface area contributed by atoms with Gasteiger partial charge in [-0.3, -0.25) is 0 Å². The maximum absolute atomic E-state index is 6.70. The molecule has 2 aliphatic carbocycles. The highest BCUT2D eigenvalue weighted by Crippen LogP contribution is 2.44. The lowest BCUT2D eigenvalue weighted by Crippen LogP contribution is -2.28. The molecule has 2 fully saturated rings. The summed E-state index contributed by atoms with van der Waals surface area (Å²) in [5, 5.41) is 0. The van der Waals surface area contributed by atoms with Gasteiger partial charge >= 0.3 is 0 Å². The van der Waals surface area contributed by atoms with Crippen molar-refractivity contribution in [2.45, 2.75) is 88.8 Å². The minimum Gasteiger partial charge on any atom is -0.496 e. The third kappa shape index (κ3) is 4.05. The highest BCUT2D eigenvalue weighted by atomic mass is 28.3. The summed E-state index contributed by atoms with van der Waals surface area (Å²) in [7, 11) is 1.09. The van der Waals surface area contributed by atoms with E-state index in [1.165, 1.54) is 62.5 Å². The number of methoxy groups -OCH3 is 1.